The highest BCUT2D eigenvalue weighted by atomic mass is 16.4. The van der Waals surface area contributed by atoms with Crippen molar-refractivity contribution in [3.63, 3.8) is 0 Å². The molecule has 1 saturated heterocycles. The molecule has 0 aliphatic carbocycles. The Balaban J connectivity index is 2.54. The highest BCUT2D eigenvalue weighted by molar-refractivity contribution is 5.72. The summed E-state index contributed by atoms with van der Waals surface area (Å²) in [6, 6.07) is -0.560. The average Bonchev–Trinajstić information content (AvgIpc) is 2.10. The van der Waals surface area contributed by atoms with Crippen LogP contribution >= 0.6 is 0 Å². The lowest BCUT2D eigenvalue weighted by atomic mass is 10.0. The summed E-state index contributed by atoms with van der Waals surface area (Å²) in [5.41, 5.74) is 5.45. The quantitative estimate of drug-likeness (QED) is 0.446. The van der Waals surface area contributed by atoms with Gasteiger partial charge in [-0.1, -0.05) is 6.92 Å². The summed E-state index contributed by atoms with van der Waals surface area (Å²) in [7, 11) is 0. The number of carbonyl (C=O) groups excluding carboxylic acids is 1. The predicted octanol–water partition coefficient (Wildman–Crippen LogP) is -1.98. The van der Waals surface area contributed by atoms with Crippen molar-refractivity contribution in [2.24, 2.45) is 11.7 Å². The molecule has 0 radical (unpaired) electrons. The van der Waals surface area contributed by atoms with Gasteiger partial charge in [-0.05, 0) is 12.3 Å². The number of carboxylic acids is 1. The summed E-state index contributed by atoms with van der Waals surface area (Å²) in [6.07, 6.45) is 0.524. The van der Waals surface area contributed by atoms with Gasteiger partial charge in [0.05, 0.1) is 18.2 Å². The van der Waals surface area contributed by atoms with Crippen molar-refractivity contribution in [2.75, 3.05) is 0 Å². The van der Waals surface area contributed by atoms with E-state index in [2.05, 4.69) is 5.32 Å². The largest absolute Gasteiger partial charge is 0.548 e. The highest BCUT2D eigenvalue weighted by Crippen LogP contribution is 2.16. The van der Waals surface area contributed by atoms with Crippen LogP contribution in [0.4, 0.5) is 0 Å². The van der Waals surface area contributed by atoms with Gasteiger partial charge >= 0.3 is 0 Å². The molecule has 58 valence electrons. The van der Waals surface area contributed by atoms with Crippen molar-refractivity contribution in [3.05, 3.63) is 0 Å². The van der Waals surface area contributed by atoms with E-state index in [0.29, 0.717) is 6.42 Å². The number of rotatable bonds is 1. The summed E-state index contributed by atoms with van der Waals surface area (Å²) in [5, 5.41) is 13.0. The summed E-state index contributed by atoms with van der Waals surface area (Å²) in [5.74, 6) is -0.972. The van der Waals surface area contributed by atoms with E-state index in [-0.39, 0.29) is 12.1 Å². The second-order valence-electron chi connectivity index (χ2n) is 2.78. The average molecular weight is 143 g/mol. The standard InChI is InChI=1S/C6H12N2O2/c1-3-2-4(7)8-5(3)6(9)10/h3-5,8H,2,7H2,1H3,(H,9,10)/p-1/t3-,4-,5-/m1/s1. The molecule has 10 heavy (non-hydrogen) atoms. The molecule has 0 aromatic carbocycles. The molecule has 1 heterocycles. The van der Waals surface area contributed by atoms with Crippen LogP contribution in [0.2, 0.25) is 0 Å². The lowest BCUT2D eigenvalue weighted by molar-refractivity contribution is -0.309. The first-order chi connectivity index (χ1) is 4.61. The van der Waals surface area contributed by atoms with E-state index in [9.17, 15) is 9.90 Å². The number of nitrogens with two attached hydrogens (primary N) is 1. The van der Waals surface area contributed by atoms with E-state index < -0.39 is 12.0 Å². The Kier molecular flexibility index (Phi) is 1.92. The molecule has 3 N–H and O–H groups in total. The summed E-state index contributed by atoms with van der Waals surface area (Å²) >= 11 is 0. The predicted molar refractivity (Wildman–Crippen MR) is 33.7 cm³/mol. The zero-order valence-electron chi connectivity index (χ0n) is 5.83. The molecule has 1 aliphatic heterocycles. The second kappa shape index (κ2) is 2.56. The van der Waals surface area contributed by atoms with E-state index in [4.69, 9.17) is 5.73 Å². The maximum atomic E-state index is 10.3. The molecule has 4 nitrogen and oxygen atoms in total. The molecular formula is C6H11N2O2-. The zero-order chi connectivity index (χ0) is 7.72. The van der Waals surface area contributed by atoms with E-state index in [1.807, 2.05) is 6.92 Å². The fourth-order valence-corrected chi connectivity index (χ4v) is 1.30. The van der Waals surface area contributed by atoms with Crippen LogP contribution in [0.5, 0.6) is 0 Å². The van der Waals surface area contributed by atoms with E-state index >= 15 is 0 Å². The molecule has 3 atom stereocenters. The SMILES string of the molecule is C[C@@H]1C[C@H](N)N[C@H]1C(=O)[O-]. The van der Waals surface area contributed by atoms with Crippen molar-refractivity contribution in [2.45, 2.75) is 25.6 Å². The second-order valence-corrected chi connectivity index (χ2v) is 2.78. The van der Waals surface area contributed by atoms with Crippen LogP contribution in [0.25, 0.3) is 0 Å². The fraction of sp³-hybridized carbons (Fsp3) is 0.833. The molecule has 0 unspecified atom stereocenters. The van der Waals surface area contributed by atoms with Crippen molar-refractivity contribution in [3.8, 4) is 0 Å². The highest BCUT2D eigenvalue weighted by Gasteiger charge is 2.28. The minimum atomic E-state index is -1.06. The first-order valence-corrected chi connectivity index (χ1v) is 3.33. The maximum absolute atomic E-state index is 10.3. The maximum Gasteiger partial charge on any atom is 0.0587 e. The first kappa shape index (κ1) is 7.50. The summed E-state index contributed by atoms with van der Waals surface area (Å²) in [4.78, 5) is 10.3. The number of nitrogens with one attached hydrogen (secondary N) is 1. The lowest BCUT2D eigenvalue weighted by Gasteiger charge is -2.15. The molecule has 1 fully saturated rings. The van der Waals surface area contributed by atoms with E-state index in [0.717, 1.165) is 0 Å². The number of aliphatic carboxylic acids is 1. The molecule has 0 aromatic rings. The van der Waals surface area contributed by atoms with Gasteiger partial charge in [0.1, 0.15) is 0 Å². The van der Waals surface area contributed by atoms with Crippen LogP contribution in [0.15, 0.2) is 0 Å². The van der Waals surface area contributed by atoms with Gasteiger partial charge in [0.2, 0.25) is 0 Å². The van der Waals surface area contributed by atoms with Crippen LogP contribution in [-0.4, -0.2) is 18.2 Å². The Morgan fingerprint density at radius 2 is 2.40 bits per heavy atom. The molecule has 1 aliphatic rings. The van der Waals surface area contributed by atoms with Gasteiger partial charge in [-0.25, -0.2) is 0 Å². The zero-order valence-corrected chi connectivity index (χ0v) is 5.83. The van der Waals surface area contributed by atoms with Gasteiger partial charge in [0.25, 0.3) is 0 Å². The smallest absolute Gasteiger partial charge is 0.0587 e. The van der Waals surface area contributed by atoms with Crippen LogP contribution < -0.4 is 16.2 Å². The number of hydrogen-bond acceptors (Lipinski definition) is 4. The van der Waals surface area contributed by atoms with Crippen LogP contribution in [-0.2, 0) is 4.79 Å². The van der Waals surface area contributed by atoms with Gasteiger partial charge in [-0.15, -0.1) is 0 Å². The number of hydrogen-bond donors (Lipinski definition) is 2. The Hall–Kier alpha value is -0.610. The van der Waals surface area contributed by atoms with Gasteiger partial charge in [0, 0.05) is 0 Å². The minimum Gasteiger partial charge on any atom is -0.548 e. The molecule has 0 saturated carbocycles. The molecule has 0 aromatic heterocycles. The molecule has 1 rings (SSSR count). The van der Waals surface area contributed by atoms with Crippen molar-refractivity contribution in [1.29, 1.82) is 0 Å². The third-order valence-electron chi connectivity index (χ3n) is 1.84. The monoisotopic (exact) mass is 143 g/mol. The summed E-state index contributed by atoms with van der Waals surface area (Å²) in [6.45, 7) is 1.85. The normalized spacial score (nSPS) is 40.0. The topological polar surface area (TPSA) is 78.2 Å². The Labute approximate surface area is 59.4 Å². The van der Waals surface area contributed by atoms with Gasteiger partial charge in [0.15, 0.2) is 0 Å². The van der Waals surface area contributed by atoms with Crippen LogP contribution in [0.3, 0.4) is 0 Å². The first-order valence-electron chi connectivity index (χ1n) is 3.33. The van der Waals surface area contributed by atoms with Crippen LogP contribution in [0, 0.1) is 5.92 Å². The van der Waals surface area contributed by atoms with Gasteiger partial charge < -0.3 is 15.6 Å². The van der Waals surface area contributed by atoms with Gasteiger partial charge in [-0.3, -0.25) is 5.32 Å². The fourth-order valence-electron chi connectivity index (χ4n) is 1.30. The molecule has 4 heteroatoms. The molecule has 0 bridgehead atoms. The third-order valence-corrected chi connectivity index (χ3v) is 1.84. The Morgan fingerprint density at radius 3 is 2.60 bits per heavy atom. The van der Waals surface area contributed by atoms with Crippen molar-refractivity contribution < 1.29 is 9.90 Å². The molecule has 0 spiro atoms. The minimum absolute atomic E-state index is 0.0833. The number of carbonyl (C=O) groups is 1. The Bertz CT molecular complexity index is 149. The Morgan fingerprint density at radius 1 is 1.80 bits per heavy atom. The van der Waals surface area contributed by atoms with E-state index in [1.165, 1.54) is 0 Å². The van der Waals surface area contributed by atoms with Crippen LogP contribution in [0.1, 0.15) is 13.3 Å². The third kappa shape index (κ3) is 1.27. The van der Waals surface area contributed by atoms with Crippen molar-refractivity contribution in [1.82, 2.24) is 5.32 Å². The molecular weight excluding hydrogens is 132 g/mol. The molecule has 0 amide bonds. The van der Waals surface area contributed by atoms with E-state index in [1.54, 1.807) is 0 Å². The van der Waals surface area contributed by atoms with Gasteiger partial charge in [-0.2, -0.15) is 0 Å². The lowest BCUT2D eigenvalue weighted by Crippen LogP contribution is -2.47. The van der Waals surface area contributed by atoms with Crippen molar-refractivity contribution >= 4 is 5.97 Å². The summed E-state index contributed by atoms with van der Waals surface area (Å²) < 4.78 is 0. The number of carboxylic acid groups (broad SMARTS) is 1.